The summed E-state index contributed by atoms with van der Waals surface area (Å²) in [4.78, 5) is 13.0. The van der Waals surface area contributed by atoms with E-state index in [1.54, 1.807) is 31.4 Å². The first-order chi connectivity index (χ1) is 15.6. The van der Waals surface area contributed by atoms with Gasteiger partial charge in [-0.25, -0.2) is 8.42 Å². The van der Waals surface area contributed by atoms with Gasteiger partial charge in [-0.2, -0.15) is 0 Å². The number of halogens is 2. The van der Waals surface area contributed by atoms with Crippen molar-refractivity contribution in [3.63, 3.8) is 0 Å². The van der Waals surface area contributed by atoms with Gasteiger partial charge in [0.1, 0.15) is 12.3 Å². The first-order valence-corrected chi connectivity index (χ1v) is 12.3. The Bertz CT molecular complexity index is 1210. The first kappa shape index (κ1) is 24.9. The van der Waals surface area contributed by atoms with Gasteiger partial charge >= 0.3 is 0 Å². The lowest BCUT2D eigenvalue weighted by atomic mass is 10.1. The molecule has 0 saturated carbocycles. The third-order valence-corrected chi connectivity index (χ3v) is 7.25. The Morgan fingerprint density at radius 1 is 1.00 bits per heavy atom. The summed E-state index contributed by atoms with van der Waals surface area (Å²) in [5.41, 5.74) is 1.96. The predicted molar refractivity (Wildman–Crippen MR) is 132 cm³/mol. The van der Waals surface area contributed by atoms with Crippen molar-refractivity contribution in [1.82, 2.24) is 5.32 Å². The van der Waals surface area contributed by atoms with Gasteiger partial charge in [-0.3, -0.25) is 9.10 Å². The number of hydrogen-bond donors (Lipinski definition) is 1. The lowest BCUT2D eigenvalue weighted by Crippen LogP contribution is -2.41. The van der Waals surface area contributed by atoms with E-state index in [9.17, 15) is 13.2 Å². The molecule has 3 aromatic carbocycles. The van der Waals surface area contributed by atoms with Crippen molar-refractivity contribution in [2.75, 3.05) is 18.0 Å². The Labute approximate surface area is 204 Å². The van der Waals surface area contributed by atoms with Crippen molar-refractivity contribution in [1.29, 1.82) is 0 Å². The Hall–Kier alpha value is -2.74. The quantitative estimate of drug-likeness (QED) is 0.444. The van der Waals surface area contributed by atoms with Crippen LogP contribution in [-0.2, 0) is 14.8 Å². The van der Waals surface area contributed by atoms with Crippen LogP contribution in [0.1, 0.15) is 24.1 Å². The molecule has 0 radical (unpaired) electrons. The zero-order chi connectivity index (χ0) is 24.2. The monoisotopic (exact) mass is 506 g/mol. The topological polar surface area (TPSA) is 75.7 Å². The number of rotatable bonds is 8. The van der Waals surface area contributed by atoms with Gasteiger partial charge in [-0.1, -0.05) is 53.0 Å². The number of benzene rings is 3. The van der Waals surface area contributed by atoms with E-state index in [2.05, 4.69) is 5.32 Å². The molecule has 0 heterocycles. The van der Waals surface area contributed by atoms with Crippen molar-refractivity contribution < 1.29 is 17.9 Å². The summed E-state index contributed by atoms with van der Waals surface area (Å²) in [6, 6.07) is 17.7. The molecule has 3 rings (SSSR count). The molecule has 6 nitrogen and oxygen atoms in total. The zero-order valence-corrected chi connectivity index (χ0v) is 20.7. The maximum absolute atomic E-state index is 13.5. The molecule has 0 saturated heterocycles. The van der Waals surface area contributed by atoms with Crippen LogP contribution in [0.2, 0.25) is 10.0 Å². The van der Waals surface area contributed by atoms with Crippen LogP contribution in [0.5, 0.6) is 5.75 Å². The summed E-state index contributed by atoms with van der Waals surface area (Å²) in [6.07, 6.45) is 0. The maximum Gasteiger partial charge on any atom is 0.264 e. The number of carbonyl (C=O) groups is 1. The normalized spacial score (nSPS) is 12.2. The molecule has 0 bridgehead atoms. The number of methoxy groups -OCH3 is 1. The summed E-state index contributed by atoms with van der Waals surface area (Å²) >= 11 is 12.2. The summed E-state index contributed by atoms with van der Waals surface area (Å²) in [7, 11) is -2.50. The fourth-order valence-electron chi connectivity index (χ4n) is 3.23. The number of ether oxygens (including phenoxy) is 1. The van der Waals surface area contributed by atoms with Gasteiger partial charge in [0, 0.05) is 10.0 Å². The predicted octanol–water partition coefficient (Wildman–Crippen LogP) is 5.38. The summed E-state index contributed by atoms with van der Waals surface area (Å²) in [6.45, 7) is 3.22. The van der Waals surface area contributed by atoms with Gasteiger partial charge < -0.3 is 10.1 Å². The molecule has 0 aliphatic heterocycles. The SMILES string of the molecule is COc1ccc([C@H](C)NC(=O)CN(c2cc(Cl)cc(Cl)c2)S(=O)(=O)c2ccc(C)cc2)cc1. The Morgan fingerprint density at radius 2 is 1.58 bits per heavy atom. The maximum atomic E-state index is 13.5. The van der Waals surface area contributed by atoms with E-state index in [4.69, 9.17) is 27.9 Å². The van der Waals surface area contributed by atoms with Crippen LogP contribution >= 0.6 is 23.2 Å². The molecule has 3 aromatic rings. The van der Waals surface area contributed by atoms with Crippen LogP contribution in [0.25, 0.3) is 0 Å². The Kier molecular flexibility index (Phi) is 7.89. The van der Waals surface area contributed by atoms with Crippen molar-refractivity contribution in [2.24, 2.45) is 0 Å². The molecule has 33 heavy (non-hydrogen) atoms. The molecule has 0 fully saturated rings. The molecule has 1 atom stereocenters. The smallest absolute Gasteiger partial charge is 0.264 e. The van der Waals surface area contributed by atoms with E-state index < -0.39 is 22.5 Å². The van der Waals surface area contributed by atoms with Gasteiger partial charge in [-0.05, 0) is 61.9 Å². The fraction of sp³-hybridized carbons (Fsp3) is 0.208. The number of aryl methyl sites for hydroxylation is 1. The molecule has 0 unspecified atom stereocenters. The van der Waals surface area contributed by atoms with Crippen LogP contribution in [0.15, 0.2) is 71.6 Å². The molecule has 174 valence electrons. The third kappa shape index (κ3) is 6.19. The van der Waals surface area contributed by atoms with Gasteiger partial charge in [-0.15, -0.1) is 0 Å². The van der Waals surface area contributed by atoms with Gasteiger partial charge in [0.05, 0.1) is 23.7 Å². The lowest BCUT2D eigenvalue weighted by molar-refractivity contribution is -0.120. The second-order valence-corrected chi connectivity index (χ2v) is 10.2. The highest BCUT2D eigenvalue weighted by Crippen LogP contribution is 2.30. The number of hydrogen-bond acceptors (Lipinski definition) is 4. The molecular formula is C24H24Cl2N2O4S. The minimum atomic E-state index is -4.07. The Balaban J connectivity index is 1.90. The fourth-order valence-corrected chi connectivity index (χ4v) is 5.15. The second-order valence-electron chi connectivity index (χ2n) is 7.51. The zero-order valence-electron chi connectivity index (χ0n) is 18.4. The largest absolute Gasteiger partial charge is 0.497 e. The van der Waals surface area contributed by atoms with Crippen molar-refractivity contribution in [2.45, 2.75) is 24.8 Å². The number of sulfonamides is 1. The molecule has 1 N–H and O–H groups in total. The van der Waals surface area contributed by atoms with E-state index in [-0.39, 0.29) is 26.7 Å². The average molecular weight is 507 g/mol. The lowest BCUT2D eigenvalue weighted by Gasteiger charge is -2.25. The van der Waals surface area contributed by atoms with Crippen LogP contribution in [0.4, 0.5) is 5.69 Å². The molecule has 0 aliphatic rings. The van der Waals surface area contributed by atoms with E-state index in [0.717, 1.165) is 15.4 Å². The number of anilines is 1. The van der Waals surface area contributed by atoms with E-state index in [0.29, 0.717) is 5.75 Å². The molecule has 9 heteroatoms. The van der Waals surface area contributed by atoms with Crippen molar-refractivity contribution in [3.8, 4) is 5.75 Å². The standard InChI is InChI=1S/C24H24Cl2N2O4S/c1-16-4-10-23(11-5-16)33(30,31)28(21-13-19(25)12-20(26)14-21)15-24(29)27-17(2)18-6-8-22(32-3)9-7-18/h4-14,17H,15H2,1-3H3,(H,27,29)/t17-/m0/s1. The molecule has 0 aromatic heterocycles. The first-order valence-electron chi connectivity index (χ1n) is 10.1. The Morgan fingerprint density at radius 3 is 2.12 bits per heavy atom. The van der Waals surface area contributed by atoms with E-state index in [1.807, 2.05) is 26.0 Å². The molecule has 0 spiro atoms. The summed E-state index contributed by atoms with van der Waals surface area (Å²) in [5.74, 6) is 0.218. The van der Waals surface area contributed by atoms with E-state index in [1.165, 1.54) is 30.3 Å². The number of amides is 1. The molecular weight excluding hydrogens is 483 g/mol. The van der Waals surface area contributed by atoms with Crippen LogP contribution in [0, 0.1) is 6.92 Å². The van der Waals surface area contributed by atoms with Crippen molar-refractivity contribution in [3.05, 3.63) is 87.9 Å². The summed E-state index contributed by atoms with van der Waals surface area (Å²) in [5, 5.41) is 3.36. The van der Waals surface area contributed by atoms with Crippen LogP contribution in [-0.4, -0.2) is 28.0 Å². The van der Waals surface area contributed by atoms with Crippen LogP contribution in [0.3, 0.4) is 0 Å². The molecule has 0 aliphatic carbocycles. The second kappa shape index (κ2) is 10.5. The van der Waals surface area contributed by atoms with Crippen LogP contribution < -0.4 is 14.4 Å². The molecule has 1 amide bonds. The van der Waals surface area contributed by atoms with Gasteiger partial charge in [0.15, 0.2) is 0 Å². The number of carbonyl (C=O) groups excluding carboxylic acids is 1. The summed E-state index contributed by atoms with van der Waals surface area (Å²) < 4.78 is 33.1. The minimum Gasteiger partial charge on any atom is -0.497 e. The third-order valence-electron chi connectivity index (χ3n) is 5.02. The minimum absolute atomic E-state index is 0.0557. The highest BCUT2D eigenvalue weighted by atomic mass is 35.5. The van der Waals surface area contributed by atoms with E-state index >= 15 is 0 Å². The van der Waals surface area contributed by atoms with Gasteiger partial charge in [0.2, 0.25) is 5.91 Å². The van der Waals surface area contributed by atoms with Gasteiger partial charge in [0.25, 0.3) is 10.0 Å². The highest BCUT2D eigenvalue weighted by Gasteiger charge is 2.28. The number of nitrogens with one attached hydrogen (secondary N) is 1. The highest BCUT2D eigenvalue weighted by molar-refractivity contribution is 7.92. The van der Waals surface area contributed by atoms with Crippen molar-refractivity contribution >= 4 is 44.8 Å². The average Bonchev–Trinajstić information content (AvgIpc) is 2.77. The number of nitrogens with zero attached hydrogens (tertiary/aromatic N) is 1.